The van der Waals surface area contributed by atoms with Crippen molar-refractivity contribution in [1.29, 1.82) is 0 Å². The van der Waals surface area contributed by atoms with Crippen molar-refractivity contribution in [2.24, 2.45) is 5.84 Å². The zero-order valence-electron chi connectivity index (χ0n) is 11.1. The van der Waals surface area contributed by atoms with Crippen LogP contribution in [0.4, 0.5) is 5.69 Å². The highest BCUT2D eigenvalue weighted by Gasteiger charge is 2.17. The van der Waals surface area contributed by atoms with Crippen molar-refractivity contribution in [2.45, 2.75) is 13.8 Å². The molecule has 18 heavy (non-hydrogen) atoms. The van der Waals surface area contributed by atoms with Crippen molar-refractivity contribution in [3.05, 3.63) is 23.5 Å². The van der Waals surface area contributed by atoms with Gasteiger partial charge >= 0.3 is 0 Å². The Morgan fingerprint density at radius 1 is 1.61 bits per heavy atom. The van der Waals surface area contributed by atoms with Crippen molar-refractivity contribution < 1.29 is 9.53 Å². The van der Waals surface area contributed by atoms with E-state index in [-0.39, 0.29) is 5.91 Å². The summed E-state index contributed by atoms with van der Waals surface area (Å²) in [7, 11) is 1.61. The van der Waals surface area contributed by atoms with Crippen LogP contribution in [-0.2, 0) is 4.74 Å². The van der Waals surface area contributed by atoms with Crippen LogP contribution >= 0.6 is 0 Å². The fourth-order valence-corrected chi connectivity index (χ4v) is 1.62. The van der Waals surface area contributed by atoms with E-state index in [1.165, 1.54) is 0 Å². The molecule has 0 aliphatic rings. The van der Waals surface area contributed by atoms with Crippen LogP contribution in [0.3, 0.4) is 0 Å². The maximum absolute atomic E-state index is 12.3. The number of methoxy groups -OCH3 is 1. The van der Waals surface area contributed by atoms with Gasteiger partial charge < -0.3 is 15.1 Å². The van der Waals surface area contributed by atoms with Gasteiger partial charge in [-0.05, 0) is 19.9 Å². The number of anilines is 1. The normalized spacial score (nSPS) is 10.2. The SMILES string of the molecule is CCN(CCOC)C(=O)c1cnc(C)cc1NN. The average Bonchev–Trinajstić information content (AvgIpc) is 2.39. The zero-order chi connectivity index (χ0) is 13.5. The first kappa shape index (κ1) is 14.4. The van der Waals surface area contributed by atoms with E-state index in [1.807, 2.05) is 13.8 Å². The molecule has 0 aliphatic carbocycles. The molecule has 0 saturated carbocycles. The summed E-state index contributed by atoms with van der Waals surface area (Å²) in [5, 5.41) is 0. The first-order chi connectivity index (χ1) is 8.63. The minimum Gasteiger partial charge on any atom is -0.383 e. The molecule has 0 unspecified atom stereocenters. The van der Waals surface area contributed by atoms with Crippen molar-refractivity contribution >= 4 is 11.6 Å². The zero-order valence-corrected chi connectivity index (χ0v) is 11.1. The van der Waals surface area contributed by atoms with Crippen LogP contribution in [0.25, 0.3) is 0 Å². The molecular formula is C12H20N4O2. The van der Waals surface area contributed by atoms with Crippen LogP contribution in [0.5, 0.6) is 0 Å². The standard InChI is InChI=1S/C12H20N4O2/c1-4-16(5-6-18-3)12(17)10-8-14-9(2)7-11(10)15-13/h7-8H,4-6,13H2,1-3H3,(H,14,15). The molecule has 3 N–H and O–H groups in total. The van der Waals surface area contributed by atoms with E-state index in [2.05, 4.69) is 10.4 Å². The number of pyridine rings is 1. The number of aromatic nitrogens is 1. The third-order valence-electron chi connectivity index (χ3n) is 2.66. The summed E-state index contributed by atoms with van der Waals surface area (Å²) < 4.78 is 4.99. The lowest BCUT2D eigenvalue weighted by atomic mass is 10.2. The lowest BCUT2D eigenvalue weighted by Gasteiger charge is -2.21. The molecule has 0 radical (unpaired) electrons. The van der Waals surface area contributed by atoms with E-state index in [0.717, 1.165) is 5.69 Å². The number of rotatable bonds is 6. The number of nitrogens with one attached hydrogen (secondary N) is 1. The maximum Gasteiger partial charge on any atom is 0.257 e. The molecule has 0 fully saturated rings. The molecule has 6 heteroatoms. The van der Waals surface area contributed by atoms with Gasteiger partial charge in [0, 0.05) is 32.1 Å². The van der Waals surface area contributed by atoms with Gasteiger partial charge in [-0.3, -0.25) is 15.6 Å². The van der Waals surface area contributed by atoms with Crippen LogP contribution in [0, 0.1) is 6.92 Å². The second-order valence-electron chi connectivity index (χ2n) is 3.89. The first-order valence-electron chi connectivity index (χ1n) is 5.85. The highest BCUT2D eigenvalue weighted by Crippen LogP contribution is 2.16. The smallest absolute Gasteiger partial charge is 0.257 e. The minimum absolute atomic E-state index is 0.102. The number of ether oxygens (including phenoxy) is 1. The van der Waals surface area contributed by atoms with E-state index in [4.69, 9.17) is 10.6 Å². The first-order valence-corrected chi connectivity index (χ1v) is 5.85. The van der Waals surface area contributed by atoms with Crippen molar-refractivity contribution in [1.82, 2.24) is 9.88 Å². The molecule has 100 valence electrons. The molecule has 0 aliphatic heterocycles. The number of nitrogen functional groups attached to an aromatic ring is 1. The molecule has 1 amide bonds. The van der Waals surface area contributed by atoms with Gasteiger partial charge in [0.15, 0.2) is 0 Å². The maximum atomic E-state index is 12.3. The second kappa shape index (κ2) is 6.93. The third kappa shape index (κ3) is 3.41. The summed E-state index contributed by atoms with van der Waals surface area (Å²) in [6, 6.07) is 1.75. The predicted octanol–water partition coefficient (Wildman–Crippen LogP) is 0.784. The Balaban J connectivity index is 2.93. The number of aryl methyl sites for hydroxylation is 1. The molecule has 0 bridgehead atoms. The van der Waals surface area contributed by atoms with Crippen molar-refractivity contribution in [2.75, 3.05) is 32.2 Å². The molecule has 0 saturated heterocycles. The highest BCUT2D eigenvalue weighted by atomic mass is 16.5. The number of hydrogen-bond acceptors (Lipinski definition) is 5. The Bertz CT molecular complexity index is 409. The summed E-state index contributed by atoms with van der Waals surface area (Å²) in [6.45, 7) is 5.43. The Hall–Kier alpha value is -1.66. The van der Waals surface area contributed by atoms with Gasteiger partial charge in [-0.1, -0.05) is 0 Å². The Labute approximate surface area is 107 Å². The topological polar surface area (TPSA) is 80.5 Å². The molecular weight excluding hydrogens is 232 g/mol. The third-order valence-corrected chi connectivity index (χ3v) is 2.66. The number of nitrogens with two attached hydrogens (primary N) is 1. The molecule has 1 rings (SSSR count). The lowest BCUT2D eigenvalue weighted by molar-refractivity contribution is 0.0707. The number of amides is 1. The largest absolute Gasteiger partial charge is 0.383 e. The lowest BCUT2D eigenvalue weighted by Crippen LogP contribution is -2.34. The number of carbonyl (C=O) groups excluding carboxylic acids is 1. The quantitative estimate of drug-likeness (QED) is 0.578. The second-order valence-corrected chi connectivity index (χ2v) is 3.89. The number of nitrogens with zero attached hydrogens (tertiary/aromatic N) is 2. The summed E-state index contributed by atoms with van der Waals surface area (Å²) >= 11 is 0. The van der Waals surface area contributed by atoms with Crippen LogP contribution in [0.15, 0.2) is 12.3 Å². The van der Waals surface area contributed by atoms with E-state index >= 15 is 0 Å². The van der Waals surface area contributed by atoms with Gasteiger partial charge in [0.1, 0.15) is 0 Å². The Morgan fingerprint density at radius 3 is 2.89 bits per heavy atom. The number of carbonyl (C=O) groups is 1. The van der Waals surface area contributed by atoms with Crippen LogP contribution in [0.2, 0.25) is 0 Å². The van der Waals surface area contributed by atoms with Gasteiger partial charge in [-0.25, -0.2) is 0 Å². The molecule has 1 aromatic heterocycles. The fraction of sp³-hybridized carbons (Fsp3) is 0.500. The monoisotopic (exact) mass is 252 g/mol. The van der Waals surface area contributed by atoms with Crippen LogP contribution in [0.1, 0.15) is 23.0 Å². The summed E-state index contributed by atoms with van der Waals surface area (Å²) in [4.78, 5) is 18.1. The van der Waals surface area contributed by atoms with Crippen LogP contribution in [-0.4, -0.2) is 42.6 Å². The van der Waals surface area contributed by atoms with Crippen molar-refractivity contribution in [3.63, 3.8) is 0 Å². The number of likely N-dealkylation sites (N-methyl/N-ethyl adjacent to an activating group) is 1. The van der Waals surface area contributed by atoms with Gasteiger partial charge in [-0.15, -0.1) is 0 Å². The van der Waals surface area contributed by atoms with E-state index in [9.17, 15) is 4.79 Å². The highest BCUT2D eigenvalue weighted by molar-refractivity contribution is 5.99. The Kier molecular flexibility index (Phi) is 5.54. The summed E-state index contributed by atoms with van der Waals surface area (Å²) in [6.07, 6.45) is 1.54. The van der Waals surface area contributed by atoms with Gasteiger partial charge in [0.05, 0.1) is 17.9 Å². The summed E-state index contributed by atoms with van der Waals surface area (Å²) in [5.74, 6) is 5.32. The van der Waals surface area contributed by atoms with Gasteiger partial charge in [-0.2, -0.15) is 0 Å². The minimum atomic E-state index is -0.102. The predicted molar refractivity (Wildman–Crippen MR) is 70.2 cm³/mol. The number of hydrazine groups is 1. The molecule has 0 spiro atoms. The van der Waals surface area contributed by atoms with E-state index in [0.29, 0.717) is 30.9 Å². The molecule has 1 aromatic rings. The van der Waals surface area contributed by atoms with E-state index < -0.39 is 0 Å². The van der Waals surface area contributed by atoms with Crippen LogP contribution < -0.4 is 11.3 Å². The molecule has 0 aromatic carbocycles. The van der Waals surface area contributed by atoms with Crippen molar-refractivity contribution in [3.8, 4) is 0 Å². The fourth-order valence-electron chi connectivity index (χ4n) is 1.62. The summed E-state index contributed by atoms with van der Waals surface area (Å²) in [5.41, 5.74) is 4.40. The molecule has 1 heterocycles. The van der Waals surface area contributed by atoms with Gasteiger partial charge in [0.25, 0.3) is 5.91 Å². The van der Waals surface area contributed by atoms with E-state index in [1.54, 1.807) is 24.3 Å². The average molecular weight is 252 g/mol. The van der Waals surface area contributed by atoms with Gasteiger partial charge in [0.2, 0.25) is 0 Å². The molecule has 6 nitrogen and oxygen atoms in total. The molecule has 0 atom stereocenters. The Morgan fingerprint density at radius 2 is 2.33 bits per heavy atom. The number of hydrogen-bond donors (Lipinski definition) is 2.